The Morgan fingerprint density at radius 3 is 2.82 bits per heavy atom. The van der Waals surface area contributed by atoms with Crippen LogP contribution in [0.3, 0.4) is 0 Å². The third-order valence-electron chi connectivity index (χ3n) is 2.39. The normalized spacial score (nSPS) is 11.1. The van der Waals surface area contributed by atoms with Crippen LogP contribution in [-0.4, -0.2) is 24.5 Å². The smallest absolute Gasteiger partial charge is 0.146 e. The molecule has 0 spiro atoms. The summed E-state index contributed by atoms with van der Waals surface area (Å²) in [7, 11) is 1.90. The summed E-state index contributed by atoms with van der Waals surface area (Å²) in [6.07, 6.45) is 5.33. The Morgan fingerprint density at radius 1 is 1.35 bits per heavy atom. The first-order chi connectivity index (χ1) is 8.15. The van der Waals surface area contributed by atoms with Gasteiger partial charge in [0.1, 0.15) is 12.2 Å². The maximum Gasteiger partial charge on any atom is 0.146 e. The van der Waals surface area contributed by atoms with Crippen LogP contribution < -0.4 is 5.32 Å². The summed E-state index contributed by atoms with van der Waals surface area (Å²) in [5, 5.41) is 11.6. The van der Waals surface area contributed by atoms with Crippen LogP contribution in [0.5, 0.6) is 0 Å². The van der Waals surface area contributed by atoms with Crippen molar-refractivity contribution in [3.05, 3.63) is 24.5 Å². The van der Waals surface area contributed by atoms with Crippen molar-refractivity contribution < 1.29 is 0 Å². The lowest BCUT2D eigenvalue weighted by Crippen LogP contribution is -2.13. The van der Waals surface area contributed by atoms with E-state index in [4.69, 9.17) is 0 Å². The number of aryl methyl sites for hydroxylation is 1. The van der Waals surface area contributed by atoms with E-state index >= 15 is 0 Å². The fourth-order valence-electron chi connectivity index (χ4n) is 1.62. The molecule has 0 amide bonds. The quantitative estimate of drug-likeness (QED) is 0.846. The van der Waals surface area contributed by atoms with Gasteiger partial charge in [0.2, 0.25) is 0 Å². The van der Waals surface area contributed by atoms with Gasteiger partial charge in [-0.25, -0.2) is 9.67 Å². The highest BCUT2D eigenvalue weighted by Gasteiger charge is 2.06. The molecule has 0 fully saturated rings. The van der Waals surface area contributed by atoms with Gasteiger partial charge in [0.15, 0.2) is 0 Å². The van der Waals surface area contributed by atoms with Crippen LogP contribution in [0.1, 0.15) is 19.7 Å². The van der Waals surface area contributed by atoms with Crippen molar-refractivity contribution in [2.45, 2.75) is 26.9 Å². The Morgan fingerprint density at radius 2 is 2.18 bits per heavy atom. The van der Waals surface area contributed by atoms with Crippen LogP contribution >= 0.6 is 0 Å². The van der Waals surface area contributed by atoms with Gasteiger partial charge in [-0.15, -0.1) is 0 Å². The lowest BCUT2D eigenvalue weighted by molar-refractivity contribution is 0.468. The minimum Gasteiger partial charge on any atom is -0.375 e. The highest BCUT2D eigenvalue weighted by molar-refractivity contribution is 5.37. The van der Waals surface area contributed by atoms with E-state index in [0.29, 0.717) is 12.5 Å². The molecule has 0 radical (unpaired) electrons. The Balaban J connectivity index is 1.97. The van der Waals surface area contributed by atoms with E-state index in [0.717, 1.165) is 18.1 Å². The van der Waals surface area contributed by atoms with Crippen LogP contribution in [-0.2, 0) is 20.1 Å². The number of nitrogens with zero attached hydrogens (tertiary/aromatic N) is 5. The summed E-state index contributed by atoms with van der Waals surface area (Å²) < 4.78 is 3.70. The van der Waals surface area contributed by atoms with Gasteiger partial charge in [-0.3, -0.25) is 4.68 Å². The molecule has 0 bridgehead atoms. The van der Waals surface area contributed by atoms with E-state index in [9.17, 15) is 0 Å². The molecular weight excluding hydrogens is 216 g/mol. The van der Waals surface area contributed by atoms with Crippen molar-refractivity contribution in [3.63, 3.8) is 0 Å². The molecule has 0 aliphatic heterocycles. The zero-order chi connectivity index (χ0) is 12.3. The fourth-order valence-corrected chi connectivity index (χ4v) is 1.62. The second kappa shape index (κ2) is 4.99. The molecule has 0 atom stereocenters. The number of aromatic nitrogens is 5. The number of rotatable bonds is 5. The number of hydrogen-bond donors (Lipinski definition) is 1. The molecule has 0 saturated carbocycles. The predicted octanol–water partition coefficient (Wildman–Crippen LogP) is 1.28. The first kappa shape index (κ1) is 11.6. The lowest BCUT2D eigenvalue weighted by atomic mass is 10.2. The van der Waals surface area contributed by atoms with Gasteiger partial charge < -0.3 is 5.32 Å². The molecule has 92 valence electrons. The molecule has 0 saturated heterocycles. The van der Waals surface area contributed by atoms with Crippen molar-refractivity contribution in [3.8, 4) is 0 Å². The molecule has 0 aliphatic rings. The zero-order valence-electron chi connectivity index (χ0n) is 10.5. The van der Waals surface area contributed by atoms with Crippen molar-refractivity contribution in [1.29, 1.82) is 0 Å². The van der Waals surface area contributed by atoms with Gasteiger partial charge >= 0.3 is 0 Å². The molecule has 2 aromatic heterocycles. The predicted molar refractivity (Wildman–Crippen MR) is 65.4 cm³/mol. The van der Waals surface area contributed by atoms with Gasteiger partial charge in [0, 0.05) is 19.8 Å². The zero-order valence-corrected chi connectivity index (χ0v) is 10.5. The maximum absolute atomic E-state index is 4.25. The Labute approximate surface area is 101 Å². The average Bonchev–Trinajstić information content (AvgIpc) is 2.84. The molecule has 2 heterocycles. The van der Waals surface area contributed by atoms with E-state index in [2.05, 4.69) is 34.3 Å². The number of anilines is 1. The van der Waals surface area contributed by atoms with Gasteiger partial charge in [-0.05, 0) is 5.92 Å². The minimum atomic E-state index is 0.564. The topological polar surface area (TPSA) is 60.6 Å². The summed E-state index contributed by atoms with van der Waals surface area (Å²) in [5.74, 6) is 1.51. The van der Waals surface area contributed by atoms with E-state index < -0.39 is 0 Å². The van der Waals surface area contributed by atoms with Crippen LogP contribution in [0.4, 0.5) is 5.69 Å². The summed E-state index contributed by atoms with van der Waals surface area (Å²) in [4.78, 5) is 4.25. The molecule has 2 aromatic rings. The van der Waals surface area contributed by atoms with Crippen LogP contribution in [0, 0.1) is 5.92 Å². The largest absolute Gasteiger partial charge is 0.375 e. The van der Waals surface area contributed by atoms with Crippen molar-refractivity contribution in [2.24, 2.45) is 13.0 Å². The Hall–Kier alpha value is -1.85. The highest BCUT2D eigenvalue weighted by atomic mass is 15.3. The molecule has 0 unspecified atom stereocenters. The molecule has 6 nitrogen and oxygen atoms in total. The number of nitrogens with one attached hydrogen (secondary N) is 1. The lowest BCUT2D eigenvalue weighted by Gasteiger charge is -2.08. The van der Waals surface area contributed by atoms with Crippen molar-refractivity contribution in [2.75, 3.05) is 5.32 Å². The first-order valence-electron chi connectivity index (χ1n) is 5.74. The summed E-state index contributed by atoms with van der Waals surface area (Å²) in [6, 6.07) is 0. The summed E-state index contributed by atoms with van der Waals surface area (Å²) in [5.41, 5.74) is 0.992. The van der Waals surface area contributed by atoms with Crippen molar-refractivity contribution in [1.82, 2.24) is 24.5 Å². The standard InChI is InChI=1S/C11H18N6/c1-9(2)6-17-11(13-8-15-17)5-12-10-4-14-16(3)7-10/h4,7-9,12H,5-6H2,1-3H3. The average molecular weight is 234 g/mol. The van der Waals surface area contributed by atoms with Crippen LogP contribution in [0.15, 0.2) is 18.7 Å². The third kappa shape index (κ3) is 3.05. The third-order valence-corrected chi connectivity index (χ3v) is 2.39. The van der Waals surface area contributed by atoms with Gasteiger partial charge in [-0.1, -0.05) is 13.8 Å². The van der Waals surface area contributed by atoms with Gasteiger partial charge in [-0.2, -0.15) is 10.2 Å². The van der Waals surface area contributed by atoms with E-state index in [1.54, 1.807) is 17.2 Å². The maximum atomic E-state index is 4.25. The second-order valence-electron chi connectivity index (χ2n) is 4.51. The molecule has 2 rings (SSSR count). The van der Waals surface area contributed by atoms with Crippen LogP contribution in [0.2, 0.25) is 0 Å². The highest BCUT2D eigenvalue weighted by Crippen LogP contribution is 2.07. The van der Waals surface area contributed by atoms with E-state index in [1.807, 2.05) is 17.9 Å². The first-order valence-corrected chi connectivity index (χ1v) is 5.74. The number of hydrogen-bond acceptors (Lipinski definition) is 4. The van der Waals surface area contributed by atoms with E-state index in [-0.39, 0.29) is 0 Å². The summed E-state index contributed by atoms with van der Waals surface area (Å²) >= 11 is 0. The minimum absolute atomic E-state index is 0.564. The molecule has 17 heavy (non-hydrogen) atoms. The fraction of sp³-hybridized carbons (Fsp3) is 0.545. The molecular formula is C11H18N6. The molecule has 6 heteroatoms. The van der Waals surface area contributed by atoms with Gasteiger partial charge in [0.25, 0.3) is 0 Å². The van der Waals surface area contributed by atoms with Crippen molar-refractivity contribution >= 4 is 5.69 Å². The SMILES string of the molecule is CC(C)Cn1ncnc1CNc1cnn(C)c1. The monoisotopic (exact) mass is 234 g/mol. The molecule has 0 aliphatic carbocycles. The van der Waals surface area contributed by atoms with Crippen LogP contribution in [0.25, 0.3) is 0 Å². The van der Waals surface area contributed by atoms with Gasteiger partial charge in [0.05, 0.1) is 18.4 Å². The van der Waals surface area contributed by atoms with E-state index in [1.165, 1.54) is 0 Å². The Kier molecular flexibility index (Phi) is 3.41. The summed E-state index contributed by atoms with van der Waals surface area (Å²) in [6.45, 7) is 5.89. The molecule has 0 aromatic carbocycles. The second-order valence-corrected chi connectivity index (χ2v) is 4.51. The Bertz CT molecular complexity index is 470. The molecule has 1 N–H and O–H groups in total.